The molecule has 0 heterocycles. The van der Waals surface area contributed by atoms with Crippen molar-refractivity contribution >= 4 is 11.6 Å². The van der Waals surface area contributed by atoms with Crippen molar-refractivity contribution in [1.82, 2.24) is 0 Å². The van der Waals surface area contributed by atoms with E-state index in [4.69, 9.17) is 21.6 Å². The molecule has 0 N–H and O–H groups in total. The Kier molecular flexibility index (Phi) is 4.44. The van der Waals surface area contributed by atoms with Crippen LogP contribution in [-0.4, -0.2) is 0 Å². The largest absolute Gasteiger partial charge is 0.451 e. The molecule has 2 aromatic carbocycles. The molecule has 0 bridgehead atoms. The highest BCUT2D eigenvalue weighted by Crippen LogP contribution is 2.33. The van der Waals surface area contributed by atoms with E-state index in [9.17, 15) is 8.78 Å². The maximum absolute atomic E-state index is 13.9. The molecule has 2 nitrogen and oxygen atoms in total. The fourth-order valence-electron chi connectivity index (χ4n) is 2.06. The third kappa shape index (κ3) is 3.14. The lowest BCUT2D eigenvalue weighted by Gasteiger charge is -2.14. The molecule has 0 aliphatic rings. The molecule has 0 saturated carbocycles. The Bertz CT molecular complexity index is 692. The van der Waals surface area contributed by atoms with Gasteiger partial charge in [0.2, 0.25) is 0 Å². The average Bonchev–Trinajstić information content (AvgIpc) is 2.44. The predicted octanol–water partition coefficient (Wildman–Crippen LogP) is 4.98. The molecule has 2 aromatic rings. The molecule has 0 amide bonds. The minimum Gasteiger partial charge on any atom is -0.451 e. The molecule has 0 saturated heterocycles. The van der Waals surface area contributed by atoms with Gasteiger partial charge in [-0.3, -0.25) is 0 Å². The van der Waals surface area contributed by atoms with Crippen LogP contribution in [0.4, 0.5) is 8.78 Å². The number of hydrogen-bond acceptors (Lipinski definition) is 2. The summed E-state index contributed by atoms with van der Waals surface area (Å²) in [5.74, 6) is -1.74. The average molecular weight is 308 g/mol. The Balaban J connectivity index is 2.47. The number of halogens is 3. The van der Waals surface area contributed by atoms with Crippen LogP contribution in [0.15, 0.2) is 24.3 Å². The fourth-order valence-corrected chi connectivity index (χ4v) is 2.22. The summed E-state index contributed by atoms with van der Waals surface area (Å²) in [7, 11) is 0. The van der Waals surface area contributed by atoms with Crippen molar-refractivity contribution in [1.29, 1.82) is 5.26 Å². The van der Waals surface area contributed by atoms with E-state index in [0.717, 1.165) is 12.1 Å². The van der Waals surface area contributed by atoms with E-state index in [-0.39, 0.29) is 5.88 Å². The van der Waals surface area contributed by atoms with Crippen LogP contribution < -0.4 is 4.74 Å². The third-order valence-electron chi connectivity index (χ3n) is 3.01. The molecule has 5 heteroatoms. The van der Waals surface area contributed by atoms with Gasteiger partial charge in [0.25, 0.3) is 0 Å². The third-order valence-corrected chi connectivity index (χ3v) is 3.31. The number of benzene rings is 2. The second kappa shape index (κ2) is 6.11. The first kappa shape index (κ1) is 15.3. The second-order valence-electron chi connectivity index (χ2n) is 4.68. The van der Waals surface area contributed by atoms with Crippen LogP contribution in [0, 0.1) is 36.8 Å². The van der Waals surface area contributed by atoms with E-state index in [1.54, 1.807) is 26.0 Å². The van der Waals surface area contributed by atoms with Crippen LogP contribution >= 0.6 is 11.6 Å². The maximum Gasteiger partial charge on any atom is 0.198 e. The Morgan fingerprint density at radius 1 is 1.05 bits per heavy atom. The van der Waals surface area contributed by atoms with Crippen molar-refractivity contribution in [2.75, 3.05) is 0 Å². The summed E-state index contributed by atoms with van der Waals surface area (Å²) in [6, 6.07) is 7.50. The van der Waals surface area contributed by atoms with Crippen LogP contribution in [-0.2, 0) is 5.88 Å². The van der Waals surface area contributed by atoms with Gasteiger partial charge in [0.05, 0.1) is 11.6 Å². The van der Waals surface area contributed by atoms with E-state index >= 15 is 0 Å². The van der Waals surface area contributed by atoms with Gasteiger partial charge in [0, 0.05) is 5.88 Å². The van der Waals surface area contributed by atoms with E-state index in [1.807, 2.05) is 6.07 Å². The van der Waals surface area contributed by atoms with Gasteiger partial charge < -0.3 is 4.74 Å². The zero-order chi connectivity index (χ0) is 15.6. The first-order chi connectivity index (χ1) is 9.96. The lowest BCUT2D eigenvalue weighted by Crippen LogP contribution is -1.98. The van der Waals surface area contributed by atoms with Crippen LogP contribution in [0.25, 0.3) is 0 Å². The Morgan fingerprint density at radius 3 is 2.00 bits per heavy atom. The summed E-state index contributed by atoms with van der Waals surface area (Å²) in [5.41, 5.74) is 2.07. The number of nitrogens with zero attached hydrogens (tertiary/aromatic N) is 1. The van der Waals surface area contributed by atoms with Crippen LogP contribution in [0.2, 0.25) is 0 Å². The summed E-state index contributed by atoms with van der Waals surface area (Å²) in [4.78, 5) is 0. The first-order valence-corrected chi connectivity index (χ1v) is 6.72. The molecule has 0 aliphatic carbocycles. The summed E-state index contributed by atoms with van der Waals surface area (Å²) in [5, 5.41) is 8.89. The molecule has 2 rings (SSSR count). The standard InChI is InChI=1S/C16H12ClF2NO/c1-9-3-12(8-20)4-10(2)15(9)21-16-13(18)5-11(7-17)6-14(16)19/h3-6H,7H2,1-2H3. The molecule has 0 unspecified atom stereocenters. The minimum absolute atomic E-state index is 0.0169. The van der Waals surface area contributed by atoms with Gasteiger partial charge in [-0.2, -0.15) is 5.26 Å². The van der Waals surface area contributed by atoms with Crippen molar-refractivity contribution in [3.63, 3.8) is 0 Å². The molecule has 0 atom stereocenters. The van der Waals surface area contributed by atoms with Gasteiger partial charge in [-0.15, -0.1) is 11.6 Å². The lowest BCUT2D eigenvalue weighted by molar-refractivity contribution is 0.402. The summed E-state index contributed by atoms with van der Waals surface area (Å²) < 4.78 is 33.2. The van der Waals surface area contributed by atoms with Crippen molar-refractivity contribution in [3.8, 4) is 17.6 Å². The van der Waals surface area contributed by atoms with Gasteiger partial charge in [-0.25, -0.2) is 8.78 Å². The summed E-state index contributed by atoms with van der Waals surface area (Å²) in [6.45, 7) is 3.43. The Morgan fingerprint density at radius 2 is 1.57 bits per heavy atom. The minimum atomic E-state index is -0.811. The number of alkyl halides is 1. The van der Waals surface area contributed by atoms with Crippen LogP contribution in [0.1, 0.15) is 22.3 Å². The lowest BCUT2D eigenvalue weighted by atomic mass is 10.1. The topological polar surface area (TPSA) is 33.0 Å². The molecular weight excluding hydrogens is 296 g/mol. The van der Waals surface area contributed by atoms with E-state index < -0.39 is 17.4 Å². The molecule has 0 spiro atoms. The fraction of sp³-hybridized carbons (Fsp3) is 0.188. The van der Waals surface area contributed by atoms with Gasteiger partial charge in [0.1, 0.15) is 5.75 Å². The van der Waals surface area contributed by atoms with Crippen LogP contribution in [0.5, 0.6) is 11.5 Å². The van der Waals surface area contributed by atoms with Crippen molar-refractivity contribution in [2.24, 2.45) is 0 Å². The first-order valence-electron chi connectivity index (χ1n) is 6.19. The SMILES string of the molecule is Cc1cc(C#N)cc(C)c1Oc1c(F)cc(CCl)cc1F. The van der Waals surface area contributed by atoms with Gasteiger partial charge >= 0.3 is 0 Å². The van der Waals surface area contributed by atoms with Crippen molar-refractivity contribution in [3.05, 3.63) is 58.2 Å². The normalized spacial score (nSPS) is 10.3. The number of ether oxygens (including phenoxy) is 1. The molecule has 0 aliphatic heterocycles. The Labute approximate surface area is 126 Å². The van der Waals surface area contributed by atoms with Crippen LogP contribution in [0.3, 0.4) is 0 Å². The van der Waals surface area contributed by atoms with Gasteiger partial charge in [-0.05, 0) is 54.8 Å². The van der Waals surface area contributed by atoms with Gasteiger partial charge in [-0.1, -0.05) is 0 Å². The number of rotatable bonds is 3. The molecular formula is C16H12ClF2NO. The summed E-state index contributed by atoms with van der Waals surface area (Å²) in [6.07, 6.45) is 0. The highest BCUT2D eigenvalue weighted by molar-refractivity contribution is 6.17. The van der Waals surface area contributed by atoms with Crippen molar-refractivity contribution < 1.29 is 13.5 Å². The molecule has 21 heavy (non-hydrogen) atoms. The second-order valence-corrected chi connectivity index (χ2v) is 4.94. The number of nitriles is 1. The monoisotopic (exact) mass is 307 g/mol. The molecule has 108 valence electrons. The molecule has 0 fully saturated rings. The predicted molar refractivity (Wildman–Crippen MR) is 76.6 cm³/mol. The Hall–Kier alpha value is -2.12. The maximum atomic E-state index is 13.9. The number of aryl methyl sites for hydroxylation is 2. The zero-order valence-corrected chi connectivity index (χ0v) is 12.3. The highest BCUT2D eigenvalue weighted by Gasteiger charge is 2.16. The zero-order valence-electron chi connectivity index (χ0n) is 11.5. The smallest absolute Gasteiger partial charge is 0.198 e. The van der Waals surface area contributed by atoms with E-state index in [0.29, 0.717) is 28.0 Å². The van der Waals surface area contributed by atoms with Crippen molar-refractivity contribution in [2.45, 2.75) is 19.7 Å². The van der Waals surface area contributed by atoms with E-state index in [2.05, 4.69) is 0 Å². The van der Waals surface area contributed by atoms with E-state index in [1.165, 1.54) is 0 Å². The molecule has 0 aromatic heterocycles. The quantitative estimate of drug-likeness (QED) is 0.749. The number of hydrogen-bond donors (Lipinski definition) is 0. The molecule has 0 radical (unpaired) electrons. The highest BCUT2D eigenvalue weighted by atomic mass is 35.5. The van der Waals surface area contributed by atoms with Gasteiger partial charge in [0.15, 0.2) is 17.4 Å². The summed E-state index contributed by atoms with van der Waals surface area (Å²) >= 11 is 5.56.